The summed E-state index contributed by atoms with van der Waals surface area (Å²) in [6, 6.07) is 4.31. The van der Waals surface area contributed by atoms with Crippen molar-refractivity contribution in [3.8, 4) is 5.75 Å². The number of nitrogens with zero attached hydrogens (tertiary/aromatic N) is 1. The average Bonchev–Trinajstić information content (AvgIpc) is 2.15. The summed E-state index contributed by atoms with van der Waals surface area (Å²) in [7, 11) is 0. The zero-order valence-corrected chi connectivity index (χ0v) is 11.0. The molecule has 0 saturated carbocycles. The van der Waals surface area contributed by atoms with E-state index in [-0.39, 0.29) is 16.9 Å². The Balaban J connectivity index is 2.75. The van der Waals surface area contributed by atoms with Gasteiger partial charge in [-0.15, -0.1) is 0 Å². The molecule has 0 unspecified atom stereocenters. The monoisotopic (exact) mass is 257 g/mol. The van der Waals surface area contributed by atoms with Crippen molar-refractivity contribution in [2.45, 2.75) is 27.2 Å². The maximum Gasteiger partial charge on any atom is 0.311 e. The van der Waals surface area contributed by atoms with E-state index >= 15 is 0 Å². The lowest BCUT2D eigenvalue weighted by molar-refractivity contribution is -0.385. The van der Waals surface area contributed by atoms with Gasteiger partial charge in [0.05, 0.1) is 11.5 Å². The second kappa shape index (κ2) is 5.36. The molecule has 0 fully saturated rings. The van der Waals surface area contributed by atoms with Crippen LogP contribution in [0.4, 0.5) is 5.69 Å². The molecule has 0 aromatic heterocycles. The fourth-order valence-corrected chi connectivity index (χ4v) is 1.38. The number of benzene rings is 1. The topological polar surface area (TPSA) is 52.4 Å². The largest absolute Gasteiger partial charge is 0.487 e. The van der Waals surface area contributed by atoms with E-state index in [2.05, 4.69) is 20.8 Å². The van der Waals surface area contributed by atoms with Crippen LogP contribution in [0.15, 0.2) is 18.2 Å². The van der Waals surface area contributed by atoms with Crippen LogP contribution in [0.2, 0.25) is 5.02 Å². The van der Waals surface area contributed by atoms with Gasteiger partial charge in [0.2, 0.25) is 0 Å². The number of nitro groups is 1. The van der Waals surface area contributed by atoms with Crippen molar-refractivity contribution < 1.29 is 9.66 Å². The molecule has 0 atom stereocenters. The summed E-state index contributed by atoms with van der Waals surface area (Å²) >= 11 is 5.79. The van der Waals surface area contributed by atoms with Gasteiger partial charge >= 0.3 is 5.69 Å². The first-order valence-electron chi connectivity index (χ1n) is 5.36. The molecule has 0 saturated heterocycles. The molecule has 1 aromatic rings. The maximum atomic E-state index is 10.8. The summed E-state index contributed by atoms with van der Waals surface area (Å²) in [5, 5.41) is 11.2. The van der Waals surface area contributed by atoms with Crippen LogP contribution in [0.25, 0.3) is 0 Å². The van der Waals surface area contributed by atoms with Crippen molar-refractivity contribution in [1.82, 2.24) is 0 Å². The molecule has 0 aliphatic carbocycles. The predicted octanol–water partition coefficient (Wildman–Crippen LogP) is 4.06. The first-order valence-corrected chi connectivity index (χ1v) is 5.74. The molecule has 5 heteroatoms. The Morgan fingerprint density at radius 3 is 2.59 bits per heavy atom. The molecule has 0 radical (unpaired) electrons. The highest BCUT2D eigenvalue weighted by molar-refractivity contribution is 6.30. The highest BCUT2D eigenvalue weighted by atomic mass is 35.5. The van der Waals surface area contributed by atoms with Gasteiger partial charge in [-0.25, -0.2) is 0 Å². The third-order valence-electron chi connectivity index (χ3n) is 2.23. The number of hydrogen-bond acceptors (Lipinski definition) is 3. The van der Waals surface area contributed by atoms with E-state index in [1.807, 2.05) is 0 Å². The average molecular weight is 258 g/mol. The maximum absolute atomic E-state index is 10.8. The van der Waals surface area contributed by atoms with E-state index in [1.165, 1.54) is 18.2 Å². The Morgan fingerprint density at radius 1 is 1.41 bits per heavy atom. The Labute approximate surface area is 106 Å². The van der Waals surface area contributed by atoms with Crippen molar-refractivity contribution in [1.29, 1.82) is 0 Å². The fraction of sp³-hybridized carbons (Fsp3) is 0.500. The van der Waals surface area contributed by atoms with Gasteiger partial charge in [-0.2, -0.15) is 0 Å². The quantitative estimate of drug-likeness (QED) is 0.604. The van der Waals surface area contributed by atoms with Gasteiger partial charge in [0.1, 0.15) is 0 Å². The highest BCUT2D eigenvalue weighted by Gasteiger charge is 2.16. The molecule has 4 nitrogen and oxygen atoms in total. The number of ether oxygens (including phenoxy) is 1. The molecule has 0 amide bonds. The van der Waals surface area contributed by atoms with Gasteiger partial charge in [0.25, 0.3) is 0 Å². The van der Waals surface area contributed by atoms with E-state index in [9.17, 15) is 10.1 Å². The standard InChI is InChI=1S/C12H16ClNO3/c1-12(2,3)6-7-17-11-8-9(13)4-5-10(11)14(15)16/h4-5,8H,6-7H2,1-3H3. The normalized spacial score (nSPS) is 11.3. The van der Waals surface area contributed by atoms with Gasteiger partial charge in [-0.1, -0.05) is 32.4 Å². The van der Waals surface area contributed by atoms with Crippen molar-refractivity contribution in [3.05, 3.63) is 33.3 Å². The van der Waals surface area contributed by atoms with E-state index in [0.717, 1.165) is 6.42 Å². The van der Waals surface area contributed by atoms with E-state index in [4.69, 9.17) is 16.3 Å². The fourth-order valence-electron chi connectivity index (χ4n) is 1.22. The smallest absolute Gasteiger partial charge is 0.311 e. The van der Waals surface area contributed by atoms with Crippen LogP contribution >= 0.6 is 11.6 Å². The van der Waals surface area contributed by atoms with Crippen molar-refractivity contribution in [2.24, 2.45) is 5.41 Å². The van der Waals surface area contributed by atoms with Crippen LogP contribution in [-0.2, 0) is 0 Å². The Bertz CT molecular complexity index is 413. The molecule has 0 bridgehead atoms. The first kappa shape index (κ1) is 13.8. The van der Waals surface area contributed by atoms with Gasteiger partial charge in [-0.05, 0) is 17.9 Å². The third-order valence-corrected chi connectivity index (χ3v) is 2.46. The highest BCUT2D eigenvalue weighted by Crippen LogP contribution is 2.30. The minimum absolute atomic E-state index is 0.0525. The Morgan fingerprint density at radius 2 is 2.06 bits per heavy atom. The SMILES string of the molecule is CC(C)(C)CCOc1cc(Cl)ccc1[N+](=O)[O-]. The van der Waals surface area contributed by atoms with E-state index in [0.29, 0.717) is 11.6 Å². The predicted molar refractivity (Wildman–Crippen MR) is 67.7 cm³/mol. The molecule has 0 aliphatic heterocycles. The lowest BCUT2D eigenvalue weighted by Gasteiger charge is -2.18. The second-order valence-electron chi connectivity index (χ2n) is 5.03. The van der Waals surface area contributed by atoms with Gasteiger partial charge in [0.15, 0.2) is 5.75 Å². The molecule has 1 rings (SSSR count). The Hall–Kier alpha value is -1.29. The molecule has 0 heterocycles. The summed E-state index contributed by atoms with van der Waals surface area (Å²) in [5.41, 5.74) is 0.0798. The lowest BCUT2D eigenvalue weighted by atomic mass is 9.93. The molecule has 0 N–H and O–H groups in total. The molecule has 1 aromatic carbocycles. The van der Waals surface area contributed by atoms with E-state index in [1.54, 1.807) is 0 Å². The van der Waals surface area contributed by atoms with Crippen LogP contribution < -0.4 is 4.74 Å². The number of nitro benzene ring substituents is 1. The van der Waals surface area contributed by atoms with E-state index < -0.39 is 4.92 Å². The zero-order valence-electron chi connectivity index (χ0n) is 10.2. The lowest BCUT2D eigenvalue weighted by Crippen LogP contribution is -2.11. The van der Waals surface area contributed by atoms with Crippen LogP contribution in [0.3, 0.4) is 0 Å². The van der Waals surface area contributed by atoms with Crippen LogP contribution in [-0.4, -0.2) is 11.5 Å². The van der Waals surface area contributed by atoms with Crippen molar-refractivity contribution in [3.63, 3.8) is 0 Å². The molecular weight excluding hydrogens is 242 g/mol. The van der Waals surface area contributed by atoms with Crippen LogP contribution in [0.5, 0.6) is 5.75 Å². The van der Waals surface area contributed by atoms with Gasteiger partial charge < -0.3 is 4.74 Å². The number of rotatable bonds is 4. The molecule has 17 heavy (non-hydrogen) atoms. The molecule has 0 aliphatic rings. The van der Waals surface area contributed by atoms with Crippen LogP contribution in [0, 0.1) is 15.5 Å². The zero-order chi connectivity index (χ0) is 13.1. The third kappa shape index (κ3) is 4.61. The van der Waals surface area contributed by atoms with Gasteiger partial charge in [0, 0.05) is 17.2 Å². The summed E-state index contributed by atoms with van der Waals surface area (Å²) in [6.45, 7) is 6.69. The minimum Gasteiger partial charge on any atom is -0.487 e. The van der Waals surface area contributed by atoms with Crippen LogP contribution in [0.1, 0.15) is 27.2 Å². The molecule has 0 spiro atoms. The van der Waals surface area contributed by atoms with Crippen molar-refractivity contribution >= 4 is 17.3 Å². The minimum atomic E-state index is -0.469. The second-order valence-corrected chi connectivity index (χ2v) is 5.46. The summed E-state index contributed by atoms with van der Waals surface area (Å²) in [6.07, 6.45) is 0.816. The summed E-state index contributed by atoms with van der Waals surface area (Å²) in [5.74, 6) is 0.228. The number of halogens is 1. The molecular formula is C12H16ClNO3. The number of hydrogen-bond donors (Lipinski definition) is 0. The van der Waals surface area contributed by atoms with Gasteiger partial charge in [-0.3, -0.25) is 10.1 Å². The van der Waals surface area contributed by atoms with Crippen molar-refractivity contribution in [2.75, 3.05) is 6.61 Å². The summed E-state index contributed by atoms with van der Waals surface area (Å²) in [4.78, 5) is 10.3. The summed E-state index contributed by atoms with van der Waals surface area (Å²) < 4.78 is 5.43. The Kier molecular flexibility index (Phi) is 4.34. The molecule has 94 valence electrons. The first-order chi connectivity index (χ1) is 7.79.